The van der Waals surface area contributed by atoms with Crippen molar-refractivity contribution in [2.24, 2.45) is 0 Å². The Balaban J connectivity index is 2.19. The topological polar surface area (TPSA) is 72.2 Å². The third-order valence-corrected chi connectivity index (χ3v) is 4.73. The van der Waals surface area contributed by atoms with Gasteiger partial charge in [0, 0.05) is 6.04 Å². The summed E-state index contributed by atoms with van der Waals surface area (Å²) in [6, 6.07) is 4.28. The predicted molar refractivity (Wildman–Crippen MR) is 73.0 cm³/mol. The molecule has 1 aliphatic carbocycles. The molecule has 0 bridgehead atoms. The van der Waals surface area contributed by atoms with Crippen LogP contribution >= 0.6 is 11.6 Å². The first-order chi connectivity index (χ1) is 8.49. The van der Waals surface area contributed by atoms with Crippen LogP contribution in [-0.2, 0) is 10.0 Å². The molecule has 1 aromatic carbocycles. The Morgan fingerprint density at radius 3 is 2.72 bits per heavy atom. The van der Waals surface area contributed by atoms with E-state index in [0.29, 0.717) is 5.02 Å². The summed E-state index contributed by atoms with van der Waals surface area (Å²) in [7, 11) is -3.52. The highest BCUT2D eigenvalue weighted by Gasteiger charge is 2.20. The van der Waals surface area contributed by atoms with Crippen LogP contribution in [0.15, 0.2) is 35.2 Å². The van der Waals surface area contributed by atoms with Crippen molar-refractivity contribution in [2.45, 2.75) is 30.2 Å². The fourth-order valence-electron chi connectivity index (χ4n) is 1.88. The SMILES string of the molecule is Nc1cc(S(=O)(=O)NC2CC=CCC2)ccc1Cl. The van der Waals surface area contributed by atoms with Crippen molar-refractivity contribution in [1.82, 2.24) is 4.72 Å². The molecule has 0 aliphatic heterocycles. The molecule has 0 fully saturated rings. The number of hydrogen-bond donors (Lipinski definition) is 2. The van der Waals surface area contributed by atoms with Crippen LogP contribution in [0, 0.1) is 0 Å². The first-order valence-electron chi connectivity index (χ1n) is 5.71. The molecule has 0 spiro atoms. The van der Waals surface area contributed by atoms with Gasteiger partial charge < -0.3 is 5.73 Å². The predicted octanol–water partition coefficient (Wildman–Crippen LogP) is 2.31. The number of anilines is 1. The Labute approximate surface area is 112 Å². The van der Waals surface area contributed by atoms with Crippen molar-refractivity contribution in [1.29, 1.82) is 0 Å². The molecule has 98 valence electrons. The molecule has 0 amide bonds. The normalized spacial score (nSPS) is 19.9. The second-order valence-electron chi connectivity index (χ2n) is 4.29. The Bertz CT molecular complexity index is 569. The number of allylic oxidation sites excluding steroid dienone is 1. The van der Waals surface area contributed by atoms with E-state index in [4.69, 9.17) is 17.3 Å². The van der Waals surface area contributed by atoms with Gasteiger partial charge in [0.25, 0.3) is 0 Å². The molecule has 18 heavy (non-hydrogen) atoms. The molecule has 1 aliphatic rings. The fraction of sp³-hybridized carbons (Fsp3) is 0.333. The number of sulfonamides is 1. The maximum absolute atomic E-state index is 12.1. The zero-order valence-electron chi connectivity index (χ0n) is 9.77. The van der Waals surface area contributed by atoms with E-state index in [1.807, 2.05) is 6.08 Å². The van der Waals surface area contributed by atoms with Crippen LogP contribution in [0.4, 0.5) is 5.69 Å². The molecule has 0 aromatic heterocycles. The highest BCUT2D eigenvalue weighted by molar-refractivity contribution is 7.89. The van der Waals surface area contributed by atoms with Crippen LogP contribution in [-0.4, -0.2) is 14.5 Å². The van der Waals surface area contributed by atoms with Gasteiger partial charge in [-0.25, -0.2) is 13.1 Å². The molecular weight excluding hydrogens is 272 g/mol. The van der Waals surface area contributed by atoms with E-state index in [1.54, 1.807) is 0 Å². The van der Waals surface area contributed by atoms with Crippen LogP contribution in [0.5, 0.6) is 0 Å². The van der Waals surface area contributed by atoms with E-state index < -0.39 is 10.0 Å². The Morgan fingerprint density at radius 1 is 1.33 bits per heavy atom. The summed E-state index contributed by atoms with van der Waals surface area (Å²) in [6.45, 7) is 0. The fourth-order valence-corrected chi connectivity index (χ4v) is 3.31. The number of nitrogens with one attached hydrogen (secondary N) is 1. The van der Waals surface area contributed by atoms with Gasteiger partial charge in [0.05, 0.1) is 15.6 Å². The smallest absolute Gasteiger partial charge is 0.240 e. The van der Waals surface area contributed by atoms with Gasteiger partial charge in [-0.15, -0.1) is 0 Å². The summed E-state index contributed by atoms with van der Waals surface area (Å²) in [4.78, 5) is 0.152. The van der Waals surface area contributed by atoms with Crippen LogP contribution in [0.2, 0.25) is 5.02 Å². The Morgan fingerprint density at radius 2 is 2.11 bits per heavy atom. The maximum atomic E-state index is 12.1. The van der Waals surface area contributed by atoms with E-state index in [0.717, 1.165) is 19.3 Å². The van der Waals surface area contributed by atoms with Gasteiger partial charge in [-0.1, -0.05) is 23.8 Å². The molecule has 0 saturated heterocycles. The molecule has 2 rings (SSSR count). The summed E-state index contributed by atoms with van der Waals surface area (Å²) < 4.78 is 26.9. The molecule has 0 saturated carbocycles. The van der Waals surface area contributed by atoms with Crippen LogP contribution < -0.4 is 10.5 Å². The van der Waals surface area contributed by atoms with Gasteiger partial charge in [0.15, 0.2) is 0 Å². The number of hydrogen-bond acceptors (Lipinski definition) is 3. The highest BCUT2D eigenvalue weighted by Crippen LogP contribution is 2.23. The van der Waals surface area contributed by atoms with E-state index in [9.17, 15) is 8.42 Å². The standard InChI is InChI=1S/C12H15ClN2O2S/c13-11-7-6-10(8-12(11)14)18(16,17)15-9-4-2-1-3-5-9/h1-2,6-9,15H,3-5,14H2. The second-order valence-corrected chi connectivity index (χ2v) is 6.41. The minimum Gasteiger partial charge on any atom is -0.397 e. The molecule has 4 nitrogen and oxygen atoms in total. The number of rotatable bonds is 3. The van der Waals surface area contributed by atoms with Crippen LogP contribution in [0.3, 0.4) is 0 Å². The number of halogens is 1. The summed E-state index contributed by atoms with van der Waals surface area (Å²) in [5, 5.41) is 0.356. The van der Waals surface area contributed by atoms with Crippen molar-refractivity contribution < 1.29 is 8.42 Å². The number of benzene rings is 1. The van der Waals surface area contributed by atoms with Crippen LogP contribution in [0.25, 0.3) is 0 Å². The van der Waals surface area contributed by atoms with Gasteiger partial charge in [-0.05, 0) is 37.5 Å². The van der Waals surface area contributed by atoms with Crippen molar-refractivity contribution in [3.63, 3.8) is 0 Å². The zero-order valence-corrected chi connectivity index (χ0v) is 11.3. The van der Waals surface area contributed by atoms with Crippen molar-refractivity contribution >= 4 is 27.3 Å². The minimum atomic E-state index is -3.52. The molecule has 1 unspecified atom stereocenters. The van der Waals surface area contributed by atoms with Gasteiger partial charge >= 0.3 is 0 Å². The largest absolute Gasteiger partial charge is 0.397 e. The molecule has 0 heterocycles. The summed E-state index contributed by atoms with van der Waals surface area (Å²) in [6.07, 6.45) is 6.50. The monoisotopic (exact) mass is 286 g/mol. The Hall–Kier alpha value is -1.04. The lowest BCUT2D eigenvalue weighted by Gasteiger charge is -2.19. The molecule has 1 atom stereocenters. The van der Waals surface area contributed by atoms with Gasteiger partial charge in [0.1, 0.15) is 0 Å². The Kier molecular flexibility index (Phi) is 3.94. The quantitative estimate of drug-likeness (QED) is 0.661. The summed E-state index contributed by atoms with van der Waals surface area (Å²) >= 11 is 5.77. The van der Waals surface area contributed by atoms with Gasteiger partial charge in [-0.2, -0.15) is 0 Å². The lowest BCUT2D eigenvalue weighted by atomic mass is 10.0. The molecule has 6 heteroatoms. The van der Waals surface area contributed by atoms with Gasteiger partial charge in [-0.3, -0.25) is 0 Å². The summed E-state index contributed by atoms with van der Waals surface area (Å²) in [5.74, 6) is 0. The van der Waals surface area contributed by atoms with E-state index in [-0.39, 0.29) is 16.6 Å². The van der Waals surface area contributed by atoms with Crippen LogP contribution in [0.1, 0.15) is 19.3 Å². The first kappa shape index (κ1) is 13.4. The van der Waals surface area contributed by atoms with Gasteiger partial charge in [0.2, 0.25) is 10.0 Å². The van der Waals surface area contributed by atoms with Crippen molar-refractivity contribution in [3.05, 3.63) is 35.4 Å². The lowest BCUT2D eigenvalue weighted by molar-refractivity contribution is 0.522. The zero-order chi connectivity index (χ0) is 13.2. The lowest BCUT2D eigenvalue weighted by Crippen LogP contribution is -2.35. The van der Waals surface area contributed by atoms with E-state index in [2.05, 4.69) is 10.8 Å². The molecule has 0 radical (unpaired) electrons. The van der Waals surface area contributed by atoms with E-state index >= 15 is 0 Å². The van der Waals surface area contributed by atoms with Crippen molar-refractivity contribution in [2.75, 3.05) is 5.73 Å². The number of nitrogens with two attached hydrogens (primary N) is 1. The van der Waals surface area contributed by atoms with E-state index in [1.165, 1.54) is 18.2 Å². The average molecular weight is 287 g/mol. The number of nitrogen functional groups attached to an aromatic ring is 1. The second kappa shape index (κ2) is 5.30. The average Bonchev–Trinajstić information content (AvgIpc) is 2.33. The third-order valence-electron chi connectivity index (χ3n) is 2.87. The highest BCUT2D eigenvalue weighted by atomic mass is 35.5. The minimum absolute atomic E-state index is 0.0445. The first-order valence-corrected chi connectivity index (χ1v) is 7.57. The molecular formula is C12H15ClN2O2S. The summed E-state index contributed by atoms with van der Waals surface area (Å²) in [5.41, 5.74) is 5.88. The maximum Gasteiger partial charge on any atom is 0.240 e. The molecule has 3 N–H and O–H groups in total. The van der Waals surface area contributed by atoms with Crippen molar-refractivity contribution in [3.8, 4) is 0 Å². The third kappa shape index (κ3) is 3.04. The molecule has 1 aromatic rings.